The number of phosphoric ester groups is 1. The minimum absolute atomic E-state index is 0.147. The molecule has 7 nitrogen and oxygen atoms in total. The molecular weight excluding hydrogens is 515 g/mol. The van der Waals surface area contributed by atoms with E-state index in [-0.39, 0.29) is 6.61 Å². The second kappa shape index (κ2) is 26.0. The molecule has 228 valence electrons. The van der Waals surface area contributed by atoms with E-state index < -0.39 is 13.9 Å². The van der Waals surface area contributed by atoms with Crippen molar-refractivity contribution in [1.29, 1.82) is 0 Å². The Balaban J connectivity index is 1.94. The molecular formula is C31H57O7P. The summed E-state index contributed by atoms with van der Waals surface area (Å²) in [5, 5.41) is 0. The van der Waals surface area contributed by atoms with Gasteiger partial charge in [-0.15, -0.1) is 0 Å². The maximum Gasteiger partial charge on any atom is 0.469 e. The van der Waals surface area contributed by atoms with Crippen LogP contribution in [-0.4, -0.2) is 48.9 Å². The lowest BCUT2D eigenvalue weighted by Gasteiger charge is -2.18. The lowest BCUT2D eigenvalue weighted by atomic mass is 10.0. The minimum atomic E-state index is -4.54. The predicted octanol–water partition coefficient (Wildman–Crippen LogP) is 8.62. The van der Waals surface area contributed by atoms with Gasteiger partial charge in [0.1, 0.15) is 12.4 Å². The highest BCUT2D eigenvalue weighted by molar-refractivity contribution is 7.46. The first kappa shape index (κ1) is 36.1. The molecule has 0 bridgehead atoms. The molecule has 0 saturated carbocycles. The van der Waals surface area contributed by atoms with Gasteiger partial charge in [-0.2, -0.15) is 0 Å². The zero-order chi connectivity index (χ0) is 28.3. The molecule has 0 fully saturated rings. The van der Waals surface area contributed by atoms with Gasteiger partial charge in [-0.25, -0.2) is 4.57 Å². The summed E-state index contributed by atoms with van der Waals surface area (Å²) >= 11 is 0. The molecule has 0 amide bonds. The number of para-hydroxylation sites is 1. The van der Waals surface area contributed by atoms with E-state index in [9.17, 15) is 14.4 Å². The van der Waals surface area contributed by atoms with E-state index in [0.29, 0.717) is 32.8 Å². The Morgan fingerprint density at radius 1 is 0.641 bits per heavy atom. The largest absolute Gasteiger partial charge is 0.491 e. The summed E-state index contributed by atoms with van der Waals surface area (Å²) in [6, 6.07) is 9.56. The number of benzene rings is 1. The summed E-state index contributed by atoms with van der Waals surface area (Å²) in [5.41, 5.74) is 0. The Kier molecular flexibility index (Phi) is 24.0. The van der Waals surface area contributed by atoms with Gasteiger partial charge in [0.05, 0.1) is 32.5 Å². The van der Waals surface area contributed by atoms with Gasteiger partial charge in [-0.1, -0.05) is 134 Å². The van der Waals surface area contributed by atoms with Crippen LogP contribution >= 0.6 is 7.82 Å². The zero-order valence-electron chi connectivity index (χ0n) is 24.6. The van der Waals surface area contributed by atoms with Crippen LogP contribution in [0, 0.1) is 0 Å². The topological polar surface area (TPSA) is 94.5 Å². The lowest BCUT2D eigenvalue weighted by Crippen LogP contribution is -2.21. The highest BCUT2D eigenvalue weighted by atomic mass is 31.2. The van der Waals surface area contributed by atoms with Gasteiger partial charge in [0.15, 0.2) is 0 Å². The van der Waals surface area contributed by atoms with Crippen LogP contribution in [-0.2, 0) is 18.6 Å². The molecule has 0 heterocycles. The third kappa shape index (κ3) is 25.7. The van der Waals surface area contributed by atoms with Crippen molar-refractivity contribution in [2.24, 2.45) is 0 Å². The maximum absolute atomic E-state index is 11.3. The number of phosphoric acid groups is 1. The molecule has 0 radical (unpaired) electrons. The zero-order valence-corrected chi connectivity index (χ0v) is 25.5. The molecule has 0 saturated heterocycles. The lowest BCUT2D eigenvalue weighted by molar-refractivity contribution is -0.00356. The van der Waals surface area contributed by atoms with Crippen LogP contribution in [0.3, 0.4) is 0 Å². The second-order valence-corrected chi connectivity index (χ2v) is 11.7. The van der Waals surface area contributed by atoms with Crippen LogP contribution in [0.1, 0.15) is 122 Å². The van der Waals surface area contributed by atoms with E-state index in [1.165, 1.54) is 89.9 Å². The van der Waals surface area contributed by atoms with Crippen LogP contribution in [0.25, 0.3) is 0 Å². The van der Waals surface area contributed by atoms with Gasteiger partial charge >= 0.3 is 7.82 Å². The quantitative estimate of drug-likeness (QED) is 0.0733. The molecule has 1 aromatic rings. The van der Waals surface area contributed by atoms with E-state index in [2.05, 4.69) is 6.92 Å². The molecule has 1 unspecified atom stereocenters. The summed E-state index contributed by atoms with van der Waals surface area (Å²) in [4.78, 5) is 18.4. The summed E-state index contributed by atoms with van der Waals surface area (Å²) in [5.74, 6) is 0.805. The average molecular weight is 573 g/mol. The number of hydrogen-bond donors (Lipinski definition) is 2. The molecule has 0 aliphatic carbocycles. The van der Waals surface area contributed by atoms with Crippen molar-refractivity contribution < 1.29 is 33.1 Å². The first-order valence-corrected chi connectivity index (χ1v) is 17.1. The fraction of sp³-hybridized carbons (Fsp3) is 0.806. The van der Waals surface area contributed by atoms with Crippen LogP contribution < -0.4 is 4.74 Å². The van der Waals surface area contributed by atoms with E-state index in [1.54, 1.807) is 0 Å². The van der Waals surface area contributed by atoms with E-state index in [0.717, 1.165) is 25.0 Å². The SMILES string of the molecule is CCCCCCCCCCCCCCCCCCCC(COCCOCCOc1ccccc1)OP(=O)(O)O. The smallest absolute Gasteiger partial charge is 0.469 e. The summed E-state index contributed by atoms with van der Waals surface area (Å²) in [6.45, 7) is 4.04. The summed E-state index contributed by atoms with van der Waals surface area (Å²) in [7, 11) is -4.54. The van der Waals surface area contributed by atoms with Gasteiger partial charge in [-0.3, -0.25) is 4.52 Å². The molecule has 0 aromatic heterocycles. The third-order valence-corrected chi connectivity index (χ3v) is 7.40. The van der Waals surface area contributed by atoms with Crippen molar-refractivity contribution in [1.82, 2.24) is 0 Å². The molecule has 8 heteroatoms. The van der Waals surface area contributed by atoms with Crippen molar-refractivity contribution in [3.8, 4) is 5.75 Å². The molecule has 2 N–H and O–H groups in total. The number of hydrogen-bond acceptors (Lipinski definition) is 5. The normalized spacial score (nSPS) is 12.6. The highest BCUT2D eigenvalue weighted by Gasteiger charge is 2.22. The van der Waals surface area contributed by atoms with Crippen molar-refractivity contribution in [3.63, 3.8) is 0 Å². The van der Waals surface area contributed by atoms with Crippen LogP contribution in [0.4, 0.5) is 0 Å². The van der Waals surface area contributed by atoms with Gasteiger partial charge in [0, 0.05) is 0 Å². The molecule has 0 aliphatic heterocycles. The highest BCUT2D eigenvalue weighted by Crippen LogP contribution is 2.38. The van der Waals surface area contributed by atoms with Gasteiger partial charge < -0.3 is 24.0 Å². The Labute approximate surface area is 238 Å². The molecule has 1 aromatic carbocycles. The maximum atomic E-state index is 11.3. The Bertz CT molecular complexity index is 683. The van der Waals surface area contributed by atoms with Gasteiger partial charge in [0.25, 0.3) is 0 Å². The van der Waals surface area contributed by atoms with Crippen LogP contribution in [0.5, 0.6) is 5.75 Å². The molecule has 39 heavy (non-hydrogen) atoms. The molecule has 0 aliphatic rings. The van der Waals surface area contributed by atoms with Gasteiger partial charge in [-0.05, 0) is 18.6 Å². The average Bonchev–Trinajstić information content (AvgIpc) is 2.91. The fourth-order valence-electron chi connectivity index (χ4n) is 4.63. The molecule has 0 spiro atoms. The predicted molar refractivity (Wildman–Crippen MR) is 159 cm³/mol. The standard InChI is InChI=1S/C31H57O7P/c1-2-3-4-5-6-7-8-9-10-11-12-13-14-15-16-17-19-24-31(38-39(32,33)34)29-36-26-25-35-27-28-37-30-22-20-18-21-23-30/h18,20-23,31H,2-17,19,24-29H2,1H3,(H2,32,33,34). The van der Waals surface area contributed by atoms with Crippen molar-refractivity contribution >= 4 is 7.82 Å². The van der Waals surface area contributed by atoms with Crippen molar-refractivity contribution in [2.45, 2.75) is 129 Å². The van der Waals surface area contributed by atoms with Gasteiger partial charge in [0.2, 0.25) is 0 Å². The minimum Gasteiger partial charge on any atom is -0.491 e. The van der Waals surface area contributed by atoms with Crippen molar-refractivity contribution in [3.05, 3.63) is 30.3 Å². The Morgan fingerprint density at radius 2 is 1.10 bits per heavy atom. The monoisotopic (exact) mass is 572 g/mol. The fourth-order valence-corrected chi connectivity index (χ4v) is 5.18. The Morgan fingerprint density at radius 3 is 1.62 bits per heavy atom. The van der Waals surface area contributed by atoms with Crippen LogP contribution in [0.2, 0.25) is 0 Å². The first-order chi connectivity index (χ1) is 19.0. The molecule has 1 atom stereocenters. The summed E-state index contributed by atoms with van der Waals surface area (Å²) < 4.78 is 32.9. The number of ether oxygens (including phenoxy) is 3. The third-order valence-electron chi connectivity index (χ3n) is 6.83. The summed E-state index contributed by atoms with van der Waals surface area (Å²) in [6.07, 6.45) is 22.1. The van der Waals surface area contributed by atoms with Crippen LogP contribution in [0.15, 0.2) is 30.3 Å². The van der Waals surface area contributed by atoms with E-state index in [4.69, 9.17) is 18.7 Å². The van der Waals surface area contributed by atoms with Crippen molar-refractivity contribution in [2.75, 3.05) is 33.0 Å². The van der Waals surface area contributed by atoms with E-state index >= 15 is 0 Å². The second-order valence-electron chi connectivity index (χ2n) is 10.5. The molecule has 1 rings (SSSR count). The Hall–Kier alpha value is -0.950. The number of rotatable bonds is 29. The first-order valence-electron chi connectivity index (χ1n) is 15.6. The number of unbranched alkanes of at least 4 members (excludes halogenated alkanes) is 16. The van der Waals surface area contributed by atoms with E-state index in [1.807, 2.05) is 30.3 Å².